The third-order valence-electron chi connectivity index (χ3n) is 4.38. The monoisotopic (exact) mass is 342 g/mol. The van der Waals surface area contributed by atoms with Gasteiger partial charge in [-0.05, 0) is 24.5 Å². The molecule has 0 saturated carbocycles. The first kappa shape index (κ1) is 17.0. The van der Waals surface area contributed by atoms with Crippen LogP contribution in [-0.2, 0) is 4.79 Å². The normalized spacial score (nSPS) is 17.1. The molecule has 1 aliphatic heterocycles. The number of amides is 2. The molecule has 7 nitrogen and oxygen atoms in total. The molecular weight excluding hydrogens is 320 g/mol. The van der Waals surface area contributed by atoms with E-state index in [9.17, 15) is 9.59 Å². The van der Waals surface area contributed by atoms with Crippen molar-refractivity contribution in [3.05, 3.63) is 42.1 Å². The maximum atomic E-state index is 12.5. The Labute approximate surface area is 146 Å². The van der Waals surface area contributed by atoms with Gasteiger partial charge in [0.15, 0.2) is 0 Å². The maximum absolute atomic E-state index is 12.5. The van der Waals surface area contributed by atoms with E-state index in [2.05, 4.69) is 10.4 Å². The Bertz CT molecular complexity index is 770. The van der Waals surface area contributed by atoms with Gasteiger partial charge in [-0.15, -0.1) is 0 Å². The molecule has 1 aliphatic rings. The van der Waals surface area contributed by atoms with E-state index in [1.54, 1.807) is 4.68 Å². The van der Waals surface area contributed by atoms with E-state index in [-0.39, 0.29) is 18.5 Å². The van der Waals surface area contributed by atoms with Gasteiger partial charge in [0, 0.05) is 19.2 Å². The van der Waals surface area contributed by atoms with E-state index in [0.717, 1.165) is 11.4 Å². The minimum atomic E-state index is -0.855. The van der Waals surface area contributed by atoms with E-state index in [1.807, 2.05) is 50.2 Å². The molecule has 2 N–H and O–H groups in total. The fraction of sp³-hybridized carbons (Fsp3) is 0.389. The summed E-state index contributed by atoms with van der Waals surface area (Å²) < 4.78 is 1.71. The fourth-order valence-corrected chi connectivity index (χ4v) is 2.87. The number of hydrogen-bond donors (Lipinski definition) is 2. The zero-order valence-corrected chi connectivity index (χ0v) is 14.3. The van der Waals surface area contributed by atoms with Crippen molar-refractivity contribution >= 4 is 17.8 Å². The molecule has 1 unspecified atom stereocenters. The number of anilines is 1. The van der Waals surface area contributed by atoms with Gasteiger partial charge in [-0.3, -0.25) is 10.1 Å². The number of carbonyl (C=O) groups is 2. The molecule has 2 aromatic rings. The number of carboxylic acid groups (broad SMARTS) is 1. The predicted octanol–water partition coefficient (Wildman–Crippen LogP) is 2.93. The molecule has 1 aromatic heterocycles. The Morgan fingerprint density at radius 1 is 1.28 bits per heavy atom. The van der Waals surface area contributed by atoms with Crippen molar-refractivity contribution in [3.63, 3.8) is 0 Å². The number of urea groups is 1. The highest BCUT2D eigenvalue weighted by Gasteiger charge is 2.31. The summed E-state index contributed by atoms with van der Waals surface area (Å²) in [5, 5.41) is 16.6. The topological polar surface area (TPSA) is 87.5 Å². The Hall–Kier alpha value is -2.83. The smallest absolute Gasteiger partial charge is 0.323 e. The number of rotatable bonds is 4. The number of likely N-dealkylation sites (tertiary alicyclic amines) is 1. The first-order valence-corrected chi connectivity index (χ1v) is 8.40. The highest BCUT2D eigenvalue weighted by atomic mass is 16.4. The van der Waals surface area contributed by atoms with E-state index in [1.165, 1.54) is 4.90 Å². The molecule has 2 amide bonds. The van der Waals surface area contributed by atoms with Gasteiger partial charge in [0.05, 0.1) is 17.3 Å². The summed E-state index contributed by atoms with van der Waals surface area (Å²) in [4.78, 5) is 25.1. The van der Waals surface area contributed by atoms with Gasteiger partial charge in [0.25, 0.3) is 0 Å². The van der Waals surface area contributed by atoms with Gasteiger partial charge >= 0.3 is 12.0 Å². The maximum Gasteiger partial charge on any atom is 0.323 e. The second-order valence-electron chi connectivity index (χ2n) is 6.56. The number of nitrogens with zero attached hydrogens (tertiary/aromatic N) is 3. The molecule has 7 heteroatoms. The van der Waals surface area contributed by atoms with Gasteiger partial charge in [-0.25, -0.2) is 9.48 Å². The zero-order valence-electron chi connectivity index (χ0n) is 14.3. The lowest BCUT2D eigenvalue weighted by Crippen LogP contribution is -2.34. The highest BCUT2D eigenvalue weighted by molar-refractivity contribution is 5.89. The van der Waals surface area contributed by atoms with Crippen molar-refractivity contribution in [2.45, 2.75) is 26.2 Å². The van der Waals surface area contributed by atoms with E-state index < -0.39 is 11.9 Å². The van der Waals surface area contributed by atoms with Crippen LogP contribution >= 0.6 is 0 Å². The number of hydrogen-bond acceptors (Lipinski definition) is 3. The number of benzene rings is 1. The quantitative estimate of drug-likeness (QED) is 0.894. The largest absolute Gasteiger partial charge is 0.481 e. The Kier molecular flexibility index (Phi) is 4.74. The predicted molar refractivity (Wildman–Crippen MR) is 94.0 cm³/mol. The van der Waals surface area contributed by atoms with Gasteiger partial charge in [0.1, 0.15) is 5.82 Å². The van der Waals surface area contributed by atoms with Crippen LogP contribution in [0.25, 0.3) is 5.69 Å². The number of carboxylic acids is 1. The molecule has 1 saturated heterocycles. The summed E-state index contributed by atoms with van der Waals surface area (Å²) in [6, 6.07) is 11.2. The minimum Gasteiger partial charge on any atom is -0.481 e. The van der Waals surface area contributed by atoms with Gasteiger partial charge in [-0.2, -0.15) is 5.10 Å². The summed E-state index contributed by atoms with van der Waals surface area (Å²) >= 11 is 0. The third kappa shape index (κ3) is 3.65. The Balaban J connectivity index is 1.82. The van der Waals surface area contributed by atoms with Gasteiger partial charge in [-0.1, -0.05) is 32.0 Å². The summed E-state index contributed by atoms with van der Waals surface area (Å²) in [5.74, 6) is -0.537. The first-order chi connectivity index (χ1) is 12.0. The standard InChI is InChI=1S/C18H22N4O3/c1-12(2)15-10-16(22(20-15)14-6-4-3-5-7-14)19-18(25)21-9-8-13(11-21)17(23)24/h3-7,10,12-13H,8-9,11H2,1-2H3,(H,19,25)(H,23,24). The molecule has 0 radical (unpaired) electrons. The van der Waals surface area contributed by atoms with Gasteiger partial charge in [0.2, 0.25) is 0 Å². The first-order valence-electron chi connectivity index (χ1n) is 8.40. The lowest BCUT2D eigenvalue weighted by atomic mass is 10.1. The summed E-state index contributed by atoms with van der Waals surface area (Å²) in [6.07, 6.45) is 0.484. The second-order valence-corrected chi connectivity index (χ2v) is 6.56. The van der Waals surface area contributed by atoms with Crippen molar-refractivity contribution < 1.29 is 14.7 Å². The lowest BCUT2D eigenvalue weighted by molar-refractivity contribution is -0.141. The number of para-hydroxylation sites is 1. The number of aliphatic carboxylic acids is 1. The number of carbonyl (C=O) groups excluding carboxylic acids is 1. The number of aromatic nitrogens is 2. The van der Waals surface area contributed by atoms with Crippen LogP contribution in [0.15, 0.2) is 36.4 Å². The Morgan fingerprint density at radius 3 is 2.60 bits per heavy atom. The SMILES string of the molecule is CC(C)c1cc(NC(=O)N2CCC(C(=O)O)C2)n(-c2ccccc2)n1. The number of nitrogens with one attached hydrogen (secondary N) is 1. The van der Waals surface area contributed by atoms with Crippen molar-refractivity contribution in [2.24, 2.45) is 5.92 Å². The fourth-order valence-electron chi connectivity index (χ4n) is 2.87. The van der Waals surface area contributed by atoms with Crippen LogP contribution in [0.5, 0.6) is 0 Å². The summed E-state index contributed by atoms with van der Waals surface area (Å²) in [7, 11) is 0. The molecule has 132 valence electrons. The van der Waals surface area contributed by atoms with Crippen molar-refractivity contribution in [2.75, 3.05) is 18.4 Å². The summed E-state index contributed by atoms with van der Waals surface area (Å²) in [5.41, 5.74) is 1.73. The molecule has 3 rings (SSSR count). The average molecular weight is 342 g/mol. The van der Waals surface area contributed by atoms with E-state index in [4.69, 9.17) is 5.11 Å². The van der Waals surface area contributed by atoms with E-state index >= 15 is 0 Å². The highest BCUT2D eigenvalue weighted by Crippen LogP contribution is 2.23. The van der Waals surface area contributed by atoms with Crippen LogP contribution in [0.3, 0.4) is 0 Å². The van der Waals surface area contributed by atoms with Crippen LogP contribution in [0.2, 0.25) is 0 Å². The molecule has 1 fully saturated rings. The van der Waals surface area contributed by atoms with Crippen molar-refractivity contribution in [1.82, 2.24) is 14.7 Å². The molecule has 0 bridgehead atoms. The Morgan fingerprint density at radius 2 is 2.00 bits per heavy atom. The zero-order chi connectivity index (χ0) is 18.0. The van der Waals surface area contributed by atoms with Crippen LogP contribution in [0, 0.1) is 5.92 Å². The molecule has 1 atom stereocenters. The molecule has 0 spiro atoms. The average Bonchev–Trinajstić information content (AvgIpc) is 3.23. The third-order valence-corrected chi connectivity index (χ3v) is 4.38. The molecule has 2 heterocycles. The minimum absolute atomic E-state index is 0.226. The van der Waals surface area contributed by atoms with Crippen LogP contribution in [0.4, 0.5) is 10.6 Å². The van der Waals surface area contributed by atoms with Crippen LogP contribution in [0.1, 0.15) is 31.9 Å². The second kappa shape index (κ2) is 6.96. The van der Waals surface area contributed by atoms with Crippen LogP contribution in [-0.4, -0.2) is 44.9 Å². The van der Waals surface area contributed by atoms with Crippen molar-refractivity contribution in [3.8, 4) is 5.69 Å². The lowest BCUT2D eigenvalue weighted by Gasteiger charge is -2.17. The van der Waals surface area contributed by atoms with Crippen molar-refractivity contribution in [1.29, 1.82) is 0 Å². The molecular formula is C18H22N4O3. The molecule has 1 aromatic carbocycles. The summed E-state index contributed by atoms with van der Waals surface area (Å²) in [6.45, 7) is 4.76. The molecule has 25 heavy (non-hydrogen) atoms. The van der Waals surface area contributed by atoms with Gasteiger partial charge < -0.3 is 10.0 Å². The molecule has 0 aliphatic carbocycles. The van der Waals surface area contributed by atoms with Crippen LogP contribution < -0.4 is 5.32 Å². The van der Waals surface area contributed by atoms with E-state index in [0.29, 0.717) is 18.8 Å².